The predicted molar refractivity (Wildman–Crippen MR) is 125 cm³/mol. The Kier molecular flexibility index (Phi) is 7.43. The molecule has 1 heterocycles. The number of ether oxygens (including phenoxy) is 1. The molecule has 0 N–H and O–H groups in total. The summed E-state index contributed by atoms with van der Waals surface area (Å²) < 4.78 is 6.88. The van der Waals surface area contributed by atoms with Crippen molar-refractivity contribution in [3.8, 4) is 22.6 Å². The average molecular weight is 430 g/mol. The van der Waals surface area contributed by atoms with Crippen LogP contribution in [-0.2, 0) is 11.8 Å². The molecule has 0 saturated heterocycles. The average Bonchev–Trinajstić information content (AvgIpc) is 2.95. The number of hydrogen-bond donors (Lipinski definition) is 0. The lowest BCUT2D eigenvalue weighted by molar-refractivity contribution is 0.0601. The van der Waals surface area contributed by atoms with E-state index in [-0.39, 0.29) is 5.97 Å². The van der Waals surface area contributed by atoms with Crippen molar-refractivity contribution in [2.45, 2.75) is 58.2 Å². The van der Waals surface area contributed by atoms with Gasteiger partial charge in [-0.25, -0.2) is 4.79 Å². The van der Waals surface area contributed by atoms with Gasteiger partial charge >= 0.3 is 5.97 Å². The molecule has 0 atom stereocenters. The van der Waals surface area contributed by atoms with E-state index < -0.39 is 8.07 Å². The zero-order chi connectivity index (χ0) is 21.9. The number of nitrogens with zero attached hydrogens (tertiary/aromatic N) is 1. The Balaban J connectivity index is 2.75. The second-order valence-electron chi connectivity index (χ2n) is 8.47. The first-order chi connectivity index (χ1) is 13.6. The highest BCUT2D eigenvalue weighted by atomic mass is 35.5. The second-order valence-corrected chi connectivity index (χ2v) is 14.4. The van der Waals surface area contributed by atoms with Gasteiger partial charge in [0, 0.05) is 12.6 Å². The highest BCUT2D eigenvalue weighted by molar-refractivity contribution is 6.90. The number of rotatable bonds is 5. The first-order valence-electron chi connectivity index (χ1n) is 10.1. The minimum atomic E-state index is -1.90. The molecule has 0 unspecified atom stereocenters. The van der Waals surface area contributed by atoms with Gasteiger partial charge in [-0.15, -0.1) is 5.54 Å². The maximum Gasteiger partial charge on any atom is 0.338 e. The highest BCUT2D eigenvalue weighted by Gasteiger charge is 2.41. The molecular formula is C24H32ClNO2Si. The fraction of sp³-hybridized carbons (Fsp3) is 0.458. The largest absolute Gasteiger partial charge is 0.465 e. The molecule has 1 aromatic heterocycles. The van der Waals surface area contributed by atoms with Crippen LogP contribution in [0.5, 0.6) is 0 Å². The zero-order valence-electron chi connectivity index (χ0n) is 18.8. The van der Waals surface area contributed by atoms with Crippen LogP contribution < -0.4 is 0 Å². The molecule has 0 spiro atoms. The fourth-order valence-corrected chi connectivity index (χ4v) is 9.93. The molecule has 29 heavy (non-hydrogen) atoms. The summed E-state index contributed by atoms with van der Waals surface area (Å²) in [6, 6.07) is 9.32. The lowest BCUT2D eigenvalue weighted by Crippen LogP contribution is -2.43. The van der Waals surface area contributed by atoms with Gasteiger partial charge in [0.05, 0.1) is 12.7 Å². The maximum absolute atomic E-state index is 12.3. The van der Waals surface area contributed by atoms with E-state index in [1.54, 1.807) is 6.07 Å². The van der Waals surface area contributed by atoms with Gasteiger partial charge in [0.2, 0.25) is 0 Å². The molecule has 0 amide bonds. The van der Waals surface area contributed by atoms with Crippen LogP contribution in [0.3, 0.4) is 0 Å². The first kappa shape index (κ1) is 23.3. The van der Waals surface area contributed by atoms with Crippen molar-refractivity contribution in [1.29, 1.82) is 0 Å². The molecule has 156 valence electrons. The number of aromatic nitrogens is 1. The lowest BCUT2D eigenvalue weighted by atomic mass is 10.00. The van der Waals surface area contributed by atoms with Gasteiger partial charge in [-0.05, 0) is 34.3 Å². The highest BCUT2D eigenvalue weighted by Crippen LogP contribution is 2.41. The van der Waals surface area contributed by atoms with Crippen molar-refractivity contribution < 1.29 is 9.53 Å². The van der Waals surface area contributed by atoms with E-state index >= 15 is 0 Å². The van der Waals surface area contributed by atoms with Crippen molar-refractivity contribution in [2.75, 3.05) is 7.11 Å². The second kappa shape index (κ2) is 9.24. The van der Waals surface area contributed by atoms with E-state index in [9.17, 15) is 4.79 Å². The molecule has 0 aliphatic carbocycles. The summed E-state index contributed by atoms with van der Waals surface area (Å²) in [5, 5.41) is 0.592. The molecule has 3 nitrogen and oxygen atoms in total. The molecule has 1 aromatic carbocycles. The molecule has 0 aliphatic rings. The van der Waals surface area contributed by atoms with Crippen molar-refractivity contribution >= 4 is 25.6 Å². The molecule has 0 fully saturated rings. The van der Waals surface area contributed by atoms with Gasteiger partial charge in [0.15, 0.2) is 0 Å². The van der Waals surface area contributed by atoms with Crippen LogP contribution in [0.2, 0.25) is 21.8 Å². The van der Waals surface area contributed by atoms with E-state index in [0.29, 0.717) is 27.3 Å². The SMILES string of the molecule is COC(=O)c1ccccc1-c1cc(Cl)n(C)c1C#C[Si](C(C)C)(C(C)C)C(C)C. The van der Waals surface area contributed by atoms with Gasteiger partial charge in [-0.3, -0.25) is 0 Å². The van der Waals surface area contributed by atoms with Crippen LogP contribution in [0.4, 0.5) is 0 Å². The van der Waals surface area contributed by atoms with Crippen molar-refractivity contribution in [2.24, 2.45) is 7.05 Å². The molecule has 2 rings (SSSR count). The zero-order valence-corrected chi connectivity index (χ0v) is 20.5. The number of benzene rings is 1. The molecular weight excluding hydrogens is 398 g/mol. The third-order valence-electron chi connectivity index (χ3n) is 6.06. The Bertz CT molecular complexity index is 926. The quantitative estimate of drug-likeness (QED) is 0.300. The smallest absolute Gasteiger partial charge is 0.338 e. The lowest BCUT2D eigenvalue weighted by Gasteiger charge is -2.38. The van der Waals surface area contributed by atoms with E-state index in [1.165, 1.54) is 7.11 Å². The Labute approximate surface area is 181 Å². The van der Waals surface area contributed by atoms with Crippen molar-refractivity contribution in [3.05, 3.63) is 46.7 Å². The molecule has 0 saturated carbocycles. The molecule has 0 bridgehead atoms. The number of esters is 1. The topological polar surface area (TPSA) is 31.2 Å². The van der Waals surface area contributed by atoms with E-state index in [2.05, 4.69) is 53.0 Å². The summed E-state index contributed by atoms with van der Waals surface area (Å²) in [7, 11) is 1.41. The third kappa shape index (κ3) is 4.32. The summed E-state index contributed by atoms with van der Waals surface area (Å²) in [5.41, 5.74) is 8.39. The number of hydrogen-bond acceptors (Lipinski definition) is 2. The predicted octanol–water partition coefficient (Wildman–Crippen LogP) is 6.70. The van der Waals surface area contributed by atoms with E-state index in [1.807, 2.05) is 35.9 Å². The van der Waals surface area contributed by atoms with Gasteiger partial charge < -0.3 is 9.30 Å². The minimum Gasteiger partial charge on any atom is -0.465 e. The van der Waals surface area contributed by atoms with Gasteiger partial charge in [0.1, 0.15) is 18.9 Å². The normalized spacial score (nSPS) is 11.7. The minimum absolute atomic E-state index is 0.366. The molecule has 0 aliphatic heterocycles. The molecule has 5 heteroatoms. The summed E-state index contributed by atoms with van der Waals surface area (Å²) in [6.45, 7) is 13.8. The number of halogens is 1. The summed E-state index contributed by atoms with van der Waals surface area (Å²) in [6.07, 6.45) is 0. The van der Waals surface area contributed by atoms with Gasteiger partial charge in [-0.1, -0.05) is 77.3 Å². The molecule has 2 aromatic rings. The number of carbonyl (C=O) groups is 1. The monoisotopic (exact) mass is 429 g/mol. The standard InChI is InChI=1S/C24H32ClNO2Si/c1-16(2)29(17(3)4,18(5)6)14-13-22-21(15-23(25)26(22)7)19-11-9-10-12-20(19)24(27)28-8/h9-12,15-18H,1-8H3. The number of methoxy groups -OCH3 is 1. The summed E-state index contributed by atoms with van der Waals surface area (Å²) >= 11 is 6.48. The number of carbonyl (C=O) groups excluding carboxylic acids is 1. The Hall–Kier alpha value is -1.96. The van der Waals surface area contributed by atoms with E-state index in [0.717, 1.165) is 16.8 Å². The Morgan fingerprint density at radius 1 is 1.03 bits per heavy atom. The van der Waals surface area contributed by atoms with Crippen LogP contribution in [0.15, 0.2) is 30.3 Å². The Morgan fingerprint density at radius 2 is 1.59 bits per heavy atom. The summed E-state index contributed by atoms with van der Waals surface area (Å²) in [5.74, 6) is 3.14. The van der Waals surface area contributed by atoms with Gasteiger partial charge in [0.25, 0.3) is 0 Å². The van der Waals surface area contributed by atoms with Crippen LogP contribution in [0, 0.1) is 11.5 Å². The fourth-order valence-electron chi connectivity index (χ4n) is 4.53. The van der Waals surface area contributed by atoms with Crippen molar-refractivity contribution in [3.63, 3.8) is 0 Å². The summed E-state index contributed by atoms with van der Waals surface area (Å²) in [4.78, 5) is 12.3. The first-order valence-corrected chi connectivity index (χ1v) is 12.7. The molecule has 0 radical (unpaired) electrons. The van der Waals surface area contributed by atoms with Crippen LogP contribution in [-0.4, -0.2) is 25.7 Å². The van der Waals surface area contributed by atoms with E-state index in [4.69, 9.17) is 16.3 Å². The van der Waals surface area contributed by atoms with Crippen LogP contribution in [0.1, 0.15) is 57.6 Å². The Morgan fingerprint density at radius 3 is 2.10 bits per heavy atom. The van der Waals surface area contributed by atoms with Crippen LogP contribution >= 0.6 is 11.6 Å². The van der Waals surface area contributed by atoms with Crippen LogP contribution in [0.25, 0.3) is 11.1 Å². The van der Waals surface area contributed by atoms with Gasteiger partial charge in [-0.2, -0.15) is 0 Å². The third-order valence-corrected chi connectivity index (χ3v) is 12.7. The van der Waals surface area contributed by atoms with Crippen molar-refractivity contribution in [1.82, 2.24) is 4.57 Å². The maximum atomic E-state index is 12.3.